The van der Waals surface area contributed by atoms with Gasteiger partial charge in [-0.3, -0.25) is 4.98 Å². The van der Waals surface area contributed by atoms with Crippen molar-refractivity contribution in [1.29, 1.82) is 0 Å². The Labute approximate surface area is 160 Å². The first kappa shape index (κ1) is 20.1. The SMILES string of the molecule is Cc1ccc(C(Nc2cccc3nc(C)ccc23)C(O)(CO)C(F)(F)F)cc1. The van der Waals surface area contributed by atoms with Gasteiger partial charge in [-0.2, -0.15) is 13.2 Å². The Bertz CT molecular complexity index is 974. The van der Waals surface area contributed by atoms with Crippen LogP contribution >= 0.6 is 0 Å². The van der Waals surface area contributed by atoms with Gasteiger partial charge in [0.1, 0.15) is 0 Å². The first-order valence-electron chi connectivity index (χ1n) is 8.75. The zero-order chi connectivity index (χ0) is 20.5. The minimum atomic E-state index is -5.05. The van der Waals surface area contributed by atoms with Crippen molar-refractivity contribution in [2.24, 2.45) is 0 Å². The Morgan fingerprint density at radius 1 is 1.00 bits per heavy atom. The van der Waals surface area contributed by atoms with Crippen molar-refractivity contribution < 1.29 is 23.4 Å². The molecule has 0 aliphatic rings. The van der Waals surface area contributed by atoms with Gasteiger partial charge in [-0.15, -0.1) is 0 Å². The molecule has 2 atom stereocenters. The fourth-order valence-electron chi connectivity index (χ4n) is 3.12. The van der Waals surface area contributed by atoms with Gasteiger partial charge in [0.2, 0.25) is 5.60 Å². The normalized spacial score (nSPS) is 15.2. The molecule has 1 heterocycles. The zero-order valence-corrected chi connectivity index (χ0v) is 15.5. The minimum Gasteiger partial charge on any atom is -0.393 e. The molecule has 0 aliphatic heterocycles. The Morgan fingerprint density at radius 3 is 2.29 bits per heavy atom. The molecule has 0 amide bonds. The number of anilines is 1. The average molecular weight is 390 g/mol. The van der Waals surface area contributed by atoms with Gasteiger partial charge in [0.15, 0.2) is 0 Å². The van der Waals surface area contributed by atoms with Crippen molar-refractivity contribution in [3.63, 3.8) is 0 Å². The third kappa shape index (κ3) is 3.68. The van der Waals surface area contributed by atoms with E-state index in [1.54, 1.807) is 42.5 Å². The third-order valence-corrected chi connectivity index (χ3v) is 4.79. The molecule has 0 saturated carbocycles. The lowest BCUT2D eigenvalue weighted by atomic mass is 9.87. The second-order valence-electron chi connectivity index (χ2n) is 6.89. The molecule has 28 heavy (non-hydrogen) atoms. The lowest BCUT2D eigenvalue weighted by Crippen LogP contribution is -2.55. The number of benzene rings is 2. The van der Waals surface area contributed by atoms with Crippen LogP contribution in [0.15, 0.2) is 54.6 Å². The Hall–Kier alpha value is -2.64. The summed E-state index contributed by atoms with van der Waals surface area (Å²) < 4.78 is 41.2. The number of aromatic nitrogens is 1. The number of aliphatic hydroxyl groups excluding tert-OH is 1. The zero-order valence-electron chi connectivity index (χ0n) is 15.5. The van der Waals surface area contributed by atoms with Gasteiger partial charge in [0, 0.05) is 16.8 Å². The maximum Gasteiger partial charge on any atom is 0.421 e. The number of rotatable bonds is 5. The molecule has 3 aromatic rings. The van der Waals surface area contributed by atoms with Crippen molar-refractivity contribution in [2.75, 3.05) is 11.9 Å². The topological polar surface area (TPSA) is 65.4 Å². The number of nitrogens with one attached hydrogen (secondary N) is 1. The third-order valence-electron chi connectivity index (χ3n) is 4.79. The molecule has 2 unspecified atom stereocenters. The summed E-state index contributed by atoms with van der Waals surface area (Å²) in [4.78, 5) is 4.38. The molecule has 148 valence electrons. The second-order valence-corrected chi connectivity index (χ2v) is 6.89. The molecule has 0 aliphatic carbocycles. The van der Waals surface area contributed by atoms with E-state index in [1.165, 1.54) is 12.1 Å². The van der Waals surface area contributed by atoms with Gasteiger partial charge in [0.25, 0.3) is 0 Å². The summed E-state index contributed by atoms with van der Waals surface area (Å²) in [6.45, 7) is 2.15. The van der Waals surface area contributed by atoms with E-state index in [0.29, 0.717) is 16.6 Å². The van der Waals surface area contributed by atoms with E-state index < -0.39 is 24.4 Å². The van der Waals surface area contributed by atoms with Gasteiger partial charge in [-0.1, -0.05) is 35.9 Å². The molecule has 1 aromatic heterocycles. The van der Waals surface area contributed by atoms with Crippen molar-refractivity contribution in [3.05, 3.63) is 71.4 Å². The maximum atomic E-state index is 13.7. The van der Waals surface area contributed by atoms with Crippen LogP contribution in [0.5, 0.6) is 0 Å². The lowest BCUT2D eigenvalue weighted by molar-refractivity contribution is -0.277. The van der Waals surface area contributed by atoms with Crippen LogP contribution in [-0.2, 0) is 0 Å². The first-order chi connectivity index (χ1) is 13.2. The van der Waals surface area contributed by atoms with Gasteiger partial charge in [0.05, 0.1) is 18.2 Å². The van der Waals surface area contributed by atoms with Crippen molar-refractivity contribution in [2.45, 2.75) is 31.7 Å². The number of alkyl halides is 3. The van der Waals surface area contributed by atoms with Crippen LogP contribution in [0.1, 0.15) is 22.9 Å². The van der Waals surface area contributed by atoms with Gasteiger partial charge in [-0.05, 0) is 43.7 Å². The number of pyridine rings is 1. The van der Waals surface area contributed by atoms with E-state index in [2.05, 4.69) is 10.3 Å². The Morgan fingerprint density at radius 2 is 1.68 bits per heavy atom. The number of fused-ring (bicyclic) bond motifs is 1. The largest absolute Gasteiger partial charge is 0.421 e. The van der Waals surface area contributed by atoms with E-state index in [0.717, 1.165) is 11.3 Å². The molecule has 4 nitrogen and oxygen atoms in total. The van der Waals surface area contributed by atoms with Crippen LogP contribution in [0.2, 0.25) is 0 Å². The van der Waals surface area contributed by atoms with E-state index in [-0.39, 0.29) is 5.56 Å². The number of halogens is 3. The molecule has 0 spiro atoms. The number of aliphatic hydroxyl groups is 2. The summed E-state index contributed by atoms with van der Waals surface area (Å²) in [5.41, 5.74) is -0.521. The second kappa shape index (κ2) is 7.41. The molecular formula is C21H21F3N2O2. The highest BCUT2D eigenvalue weighted by molar-refractivity contribution is 5.91. The molecule has 7 heteroatoms. The summed E-state index contributed by atoms with van der Waals surface area (Å²) in [6.07, 6.45) is -5.05. The van der Waals surface area contributed by atoms with E-state index in [1.807, 2.05) is 13.8 Å². The fourth-order valence-corrected chi connectivity index (χ4v) is 3.12. The van der Waals surface area contributed by atoms with E-state index >= 15 is 0 Å². The molecule has 0 bridgehead atoms. The Balaban J connectivity index is 2.14. The van der Waals surface area contributed by atoms with Crippen molar-refractivity contribution >= 4 is 16.6 Å². The van der Waals surface area contributed by atoms with Gasteiger partial charge in [-0.25, -0.2) is 0 Å². The smallest absolute Gasteiger partial charge is 0.393 e. The quantitative estimate of drug-likeness (QED) is 0.608. The summed E-state index contributed by atoms with van der Waals surface area (Å²) in [7, 11) is 0. The highest BCUT2D eigenvalue weighted by Gasteiger charge is 2.59. The fraction of sp³-hybridized carbons (Fsp3) is 0.286. The highest BCUT2D eigenvalue weighted by atomic mass is 19.4. The Kier molecular flexibility index (Phi) is 5.32. The molecule has 0 fully saturated rings. The lowest BCUT2D eigenvalue weighted by Gasteiger charge is -2.37. The summed E-state index contributed by atoms with van der Waals surface area (Å²) in [5.74, 6) is 0. The summed E-state index contributed by atoms with van der Waals surface area (Å²) in [5, 5.41) is 23.4. The van der Waals surface area contributed by atoms with Crippen LogP contribution in [0, 0.1) is 13.8 Å². The van der Waals surface area contributed by atoms with Crippen LogP contribution in [0.25, 0.3) is 10.9 Å². The van der Waals surface area contributed by atoms with Crippen molar-refractivity contribution in [1.82, 2.24) is 4.98 Å². The van der Waals surface area contributed by atoms with Gasteiger partial charge < -0.3 is 15.5 Å². The summed E-state index contributed by atoms with van der Waals surface area (Å²) in [6, 6.07) is 13.3. The molecule has 0 radical (unpaired) electrons. The van der Waals surface area contributed by atoms with E-state index in [9.17, 15) is 23.4 Å². The van der Waals surface area contributed by atoms with Crippen LogP contribution < -0.4 is 5.32 Å². The maximum absolute atomic E-state index is 13.7. The van der Waals surface area contributed by atoms with E-state index in [4.69, 9.17) is 0 Å². The predicted octanol–water partition coefficient (Wildman–Crippen LogP) is 4.29. The van der Waals surface area contributed by atoms with Crippen LogP contribution in [0.3, 0.4) is 0 Å². The standard InChI is InChI=1S/C21H21F3N2O2/c1-13-6-9-15(10-7-13)19(20(28,12-27)21(22,23)24)26-18-5-3-4-17-16(18)11-8-14(2)25-17/h3-11,19,26-28H,12H2,1-2H3. The summed E-state index contributed by atoms with van der Waals surface area (Å²) >= 11 is 0. The number of hydrogen-bond donors (Lipinski definition) is 3. The average Bonchev–Trinajstić information content (AvgIpc) is 2.65. The molecular weight excluding hydrogens is 369 g/mol. The van der Waals surface area contributed by atoms with Crippen LogP contribution in [0.4, 0.5) is 18.9 Å². The predicted molar refractivity (Wildman–Crippen MR) is 102 cm³/mol. The highest BCUT2D eigenvalue weighted by Crippen LogP contribution is 2.42. The molecule has 3 rings (SSSR count). The van der Waals surface area contributed by atoms with Crippen LogP contribution in [-0.4, -0.2) is 33.6 Å². The van der Waals surface area contributed by atoms with Gasteiger partial charge >= 0.3 is 6.18 Å². The monoisotopic (exact) mass is 390 g/mol. The first-order valence-corrected chi connectivity index (χ1v) is 8.75. The minimum absolute atomic E-state index is 0.205. The molecule has 3 N–H and O–H groups in total. The molecule has 0 saturated heterocycles. The number of hydrogen-bond acceptors (Lipinski definition) is 4. The number of nitrogens with zero attached hydrogens (tertiary/aromatic N) is 1. The van der Waals surface area contributed by atoms with Crippen molar-refractivity contribution in [3.8, 4) is 0 Å². The number of aryl methyl sites for hydroxylation is 2. The molecule has 2 aromatic carbocycles.